The molecule has 0 aromatic heterocycles. The summed E-state index contributed by atoms with van der Waals surface area (Å²) in [6, 6.07) is 0. The Morgan fingerprint density at radius 2 is 1.52 bits per heavy atom. The first kappa shape index (κ1) is 23.7. The van der Waals surface area contributed by atoms with Crippen LogP contribution in [0.2, 0.25) is 0 Å². The van der Waals surface area contributed by atoms with Gasteiger partial charge in [0.2, 0.25) is 0 Å². The number of carboxylic acids is 1. The van der Waals surface area contributed by atoms with Crippen molar-refractivity contribution in [1.82, 2.24) is 0 Å². The molecule has 0 spiro atoms. The fourth-order valence-electron chi connectivity index (χ4n) is 1.44. The number of aliphatic hydroxyl groups excluding tert-OH is 4. The fourth-order valence-corrected chi connectivity index (χ4v) is 1.44. The van der Waals surface area contributed by atoms with Gasteiger partial charge in [-0.3, -0.25) is 0 Å². The maximum Gasteiger partial charge on any atom is 1.00 e. The van der Waals surface area contributed by atoms with Gasteiger partial charge >= 0.3 is 57.4 Å². The third-order valence-corrected chi connectivity index (χ3v) is 2.72. The van der Waals surface area contributed by atoms with Crippen molar-refractivity contribution in [3.05, 3.63) is 0 Å². The third kappa shape index (κ3) is 9.21. The van der Waals surface area contributed by atoms with E-state index in [4.69, 9.17) is 5.11 Å². The van der Waals surface area contributed by atoms with E-state index in [-0.39, 0.29) is 58.0 Å². The van der Waals surface area contributed by atoms with Crippen molar-refractivity contribution in [1.29, 1.82) is 0 Å². The van der Waals surface area contributed by atoms with Crippen LogP contribution in [0.4, 0.5) is 0 Å². The molecule has 0 saturated heterocycles. The number of esters is 1. The summed E-state index contributed by atoms with van der Waals surface area (Å²) in [4.78, 5) is 21.6. The van der Waals surface area contributed by atoms with Crippen molar-refractivity contribution >= 4 is 11.9 Å². The van der Waals surface area contributed by atoms with E-state index in [1.54, 1.807) is 0 Å². The van der Waals surface area contributed by atoms with Gasteiger partial charge in [-0.1, -0.05) is 26.2 Å². The molecule has 0 aromatic carbocycles. The van der Waals surface area contributed by atoms with Crippen molar-refractivity contribution < 1.29 is 91.2 Å². The summed E-state index contributed by atoms with van der Waals surface area (Å²) in [7, 11) is 0. The van der Waals surface area contributed by atoms with Gasteiger partial charge in [-0.2, -0.15) is 0 Å². The minimum Gasteiger partial charge on any atom is -0.547 e. The van der Waals surface area contributed by atoms with Gasteiger partial charge in [0.05, 0.1) is 12.6 Å². The number of rotatable bonds is 10. The molecule has 4 N–H and O–H groups in total. The van der Waals surface area contributed by atoms with Gasteiger partial charge in [-0.05, 0) is 6.42 Å². The average molecular weight is 332 g/mol. The second kappa shape index (κ2) is 12.9. The van der Waals surface area contributed by atoms with Gasteiger partial charge < -0.3 is 35.1 Å². The van der Waals surface area contributed by atoms with Crippen LogP contribution in [0, 0.1) is 0 Å². The normalized spacial score (nSPS) is 16.2. The quantitative estimate of drug-likeness (QED) is 0.176. The molecule has 0 aromatic rings. The zero-order valence-electron chi connectivity index (χ0n) is 12.3. The smallest absolute Gasteiger partial charge is 0.547 e. The van der Waals surface area contributed by atoms with Gasteiger partial charge in [0.1, 0.15) is 18.3 Å². The summed E-state index contributed by atoms with van der Waals surface area (Å²) in [5.74, 6) is -3.23. The second-order valence-corrected chi connectivity index (χ2v) is 4.42. The SMILES string of the molecule is CCCCCCOC(=O)[C@@H](O)[C@H](O)[C@H](O)[C@@H](O)C(=O)[O-].[K+]. The number of hydrogen-bond acceptors (Lipinski definition) is 8. The van der Waals surface area contributed by atoms with E-state index < -0.39 is 36.4 Å². The number of aliphatic carboxylic acids is 1. The summed E-state index contributed by atoms with van der Waals surface area (Å²) >= 11 is 0. The van der Waals surface area contributed by atoms with Crippen molar-refractivity contribution in [3.8, 4) is 0 Å². The minimum atomic E-state index is -2.42. The van der Waals surface area contributed by atoms with E-state index in [1.807, 2.05) is 6.92 Å². The maximum atomic E-state index is 11.3. The maximum absolute atomic E-state index is 11.3. The summed E-state index contributed by atoms with van der Waals surface area (Å²) < 4.78 is 4.66. The predicted octanol–water partition coefficient (Wildman–Crippen LogP) is -5.69. The molecule has 0 heterocycles. The van der Waals surface area contributed by atoms with E-state index in [0.29, 0.717) is 6.42 Å². The molecule has 9 heteroatoms. The van der Waals surface area contributed by atoms with Crippen molar-refractivity contribution in [2.45, 2.75) is 57.0 Å². The molecule has 0 rings (SSSR count). The number of aliphatic hydroxyl groups is 4. The van der Waals surface area contributed by atoms with E-state index in [1.165, 1.54) is 0 Å². The molecule has 0 amide bonds. The first-order valence-corrected chi connectivity index (χ1v) is 6.42. The Labute approximate surface area is 165 Å². The van der Waals surface area contributed by atoms with Crippen LogP contribution in [0.1, 0.15) is 32.6 Å². The average Bonchev–Trinajstić information content (AvgIpc) is 2.43. The van der Waals surface area contributed by atoms with E-state index >= 15 is 0 Å². The van der Waals surface area contributed by atoms with E-state index in [9.17, 15) is 30.0 Å². The standard InChI is InChI=1S/C12H22O8.K/c1-2-3-4-5-6-20-12(19)10(16)8(14)7(13)9(15)11(17)18;/h7-10,13-16H,2-6H2,1H3,(H,17,18);/q;+1/p-1/t7-,8+,9+,10-;/m0./s1. The summed E-state index contributed by atoms with van der Waals surface area (Å²) in [5.41, 5.74) is 0. The van der Waals surface area contributed by atoms with Gasteiger partial charge in [0, 0.05) is 0 Å². The largest absolute Gasteiger partial charge is 1.00 e. The van der Waals surface area contributed by atoms with Crippen LogP contribution in [0.25, 0.3) is 0 Å². The van der Waals surface area contributed by atoms with Crippen LogP contribution < -0.4 is 56.5 Å². The topological polar surface area (TPSA) is 147 Å². The molecule has 0 aliphatic carbocycles. The van der Waals surface area contributed by atoms with E-state index in [2.05, 4.69) is 4.74 Å². The van der Waals surface area contributed by atoms with Crippen LogP contribution in [-0.4, -0.2) is 63.4 Å². The number of carboxylic acid groups (broad SMARTS) is 1. The number of unbranched alkanes of at least 4 members (excludes halogenated alkanes) is 3. The molecular formula is C12H21KO8. The van der Waals surface area contributed by atoms with Crippen LogP contribution in [0.3, 0.4) is 0 Å². The van der Waals surface area contributed by atoms with Crippen LogP contribution in [-0.2, 0) is 14.3 Å². The first-order chi connectivity index (χ1) is 9.32. The van der Waals surface area contributed by atoms with Crippen LogP contribution >= 0.6 is 0 Å². The first-order valence-electron chi connectivity index (χ1n) is 6.42. The Kier molecular flexibility index (Phi) is 14.6. The second-order valence-electron chi connectivity index (χ2n) is 4.42. The Bertz CT molecular complexity index is 312. The molecule has 0 aliphatic rings. The molecule has 0 radical (unpaired) electrons. The summed E-state index contributed by atoms with van der Waals surface area (Å²) in [6.07, 6.45) is -5.61. The Balaban J connectivity index is 0. The molecule has 0 fully saturated rings. The van der Waals surface area contributed by atoms with Gasteiger partial charge in [0.25, 0.3) is 0 Å². The fraction of sp³-hybridized carbons (Fsp3) is 0.833. The molecule has 0 saturated carbocycles. The van der Waals surface area contributed by atoms with Crippen molar-refractivity contribution in [2.24, 2.45) is 0 Å². The molecule has 0 bridgehead atoms. The van der Waals surface area contributed by atoms with Crippen molar-refractivity contribution in [2.75, 3.05) is 6.61 Å². The summed E-state index contributed by atoms with van der Waals surface area (Å²) in [5, 5.41) is 47.2. The molecule has 0 unspecified atom stereocenters. The Morgan fingerprint density at radius 1 is 1.00 bits per heavy atom. The van der Waals surface area contributed by atoms with Crippen LogP contribution in [0.15, 0.2) is 0 Å². The third-order valence-electron chi connectivity index (χ3n) is 2.72. The summed E-state index contributed by atoms with van der Waals surface area (Å²) in [6.45, 7) is 2.05. The van der Waals surface area contributed by atoms with Crippen LogP contribution in [0.5, 0.6) is 0 Å². The number of carbonyl (C=O) groups excluding carboxylic acids is 2. The molecule has 4 atom stereocenters. The monoisotopic (exact) mass is 332 g/mol. The van der Waals surface area contributed by atoms with Gasteiger partial charge in [-0.15, -0.1) is 0 Å². The Hall–Kier alpha value is 0.416. The molecule has 0 aliphatic heterocycles. The predicted molar refractivity (Wildman–Crippen MR) is 64.1 cm³/mol. The number of hydrogen-bond donors (Lipinski definition) is 4. The van der Waals surface area contributed by atoms with E-state index in [0.717, 1.165) is 19.3 Å². The zero-order chi connectivity index (χ0) is 15.7. The molecule has 8 nitrogen and oxygen atoms in total. The molecule has 118 valence electrons. The molecule has 21 heavy (non-hydrogen) atoms. The number of carbonyl (C=O) groups is 2. The van der Waals surface area contributed by atoms with Crippen molar-refractivity contribution in [3.63, 3.8) is 0 Å². The number of ether oxygens (including phenoxy) is 1. The minimum absolute atomic E-state index is 0. The molecular weight excluding hydrogens is 311 g/mol. The zero-order valence-corrected chi connectivity index (χ0v) is 15.4. The Morgan fingerprint density at radius 3 is 2.00 bits per heavy atom. The van der Waals surface area contributed by atoms with Gasteiger partial charge in [0.15, 0.2) is 6.10 Å². The van der Waals surface area contributed by atoms with Gasteiger partial charge in [-0.25, -0.2) is 4.79 Å².